The number of carbonyl (C=O) groups excluding carboxylic acids is 1. The number of hydrogen-bond acceptors (Lipinski definition) is 5. The lowest BCUT2D eigenvalue weighted by molar-refractivity contribution is -0.130. The molecule has 1 amide bonds. The number of halogens is 2. The molecule has 1 N–H and O–H groups in total. The molecule has 1 aliphatic heterocycles. The molecule has 6 nitrogen and oxygen atoms in total. The quantitative estimate of drug-likeness (QED) is 0.624. The Bertz CT molecular complexity index is 839. The van der Waals surface area contributed by atoms with Crippen molar-refractivity contribution < 1.29 is 13.6 Å². The Balaban J connectivity index is 1.59. The van der Waals surface area contributed by atoms with Crippen molar-refractivity contribution >= 4 is 23.4 Å². The average molecular weight is 394 g/mol. The van der Waals surface area contributed by atoms with Gasteiger partial charge < -0.3 is 14.8 Å². The number of nitrogens with zero attached hydrogens (tertiary/aromatic N) is 3. The molecule has 1 atom stereocenters. The van der Waals surface area contributed by atoms with Gasteiger partial charge in [0, 0.05) is 37.9 Å². The van der Waals surface area contributed by atoms with Crippen LogP contribution in [0.25, 0.3) is 0 Å². The predicted octanol–water partition coefficient (Wildman–Crippen LogP) is 2.54. The first kappa shape index (κ1) is 19.3. The lowest BCUT2D eigenvalue weighted by Gasteiger charge is -2.37. The summed E-state index contributed by atoms with van der Waals surface area (Å²) >= 11 is 0.983. The smallest absolute Gasteiger partial charge is 0.280 e. The minimum absolute atomic E-state index is 0.0292. The Morgan fingerprint density at radius 1 is 1.19 bits per heavy atom. The van der Waals surface area contributed by atoms with E-state index in [9.17, 15) is 18.4 Å². The van der Waals surface area contributed by atoms with Gasteiger partial charge >= 0.3 is 0 Å². The molecule has 27 heavy (non-hydrogen) atoms. The Hall–Kier alpha value is -2.42. The summed E-state index contributed by atoms with van der Waals surface area (Å²) < 4.78 is 25.6. The van der Waals surface area contributed by atoms with E-state index in [1.165, 1.54) is 0 Å². The number of thioether (sulfide) groups is 1. The molecule has 1 fully saturated rings. The van der Waals surface area contributed by atoms with Crippen LogP contribution in [-0.2, 0) is 4.79 Å². The number of hydrogen-bond donors (Lipinski definition) is 1. The Morgan fingerprint density at radius 3 is 2.48 bits per heavy atom. The highest BCUT2D eigenvalue weighted by Crippen LogP contribution is 2.24. The standard InChI is InChI=1S/C18H20F2N4O2S/c1-12(27-18-21-14(16(19)20)11-15(25)22-18)17(26)24-9-7-23(8-10-24)13-5-3-2-4-6-13/h2-6,11-12,16H,7-10H2,1H3,(H,21,22,25). The number of piperazine rings is 1. The second-order valence-corrected chi connectivity index (χ2v) is 7.51. The summed E-state index contributed by atoms with van der Waals surface area (Å²) in [5, 5.41) is -0.508. The fourth-order valence-corrected chi connectivity index (χ4v) is 3.82. The fourth-order valence-electron chi connectivity index (χ4n) is 2.92. The molecular weight excluding hydrogens is 374 g/mol. The van der Waals surface area contributed by atoms with E-state index >= 15 is 0 Å². The van der Waals surface area contributed by atoms with Gasteiger partial charge in [-0.2, -0.15) is 0 Å². The summed E-state index contributed by atoms with van der Waals surface area (Å²) in [6, 6.07) is 10.8. The SMILES string of the molecule is CC(Sc1nc(C(F)F)cc(=O)[nH]1)C(=O)N1CCN(c2ccccc2)CC1. The summed E-state index contributed by atoms with van der Waals surface area (Å²) in [5.74, 6) is -0.0992. The van der Waals surface area contributed by atoms with Crippen LogP contribution in [0.2, 0.25) is 0 Å². The minimum atomic E-state index is -2.83. The molecule has 2 heterocycles. The zero-order valence-corrected chi connectivity index (χ0v) is 15.6. The number of carbonyl (C=O) groups is 1. The lowest BCUT2D eigenvalue weighted by Crippen LogP contribution is -2.50. The van der Waals surface area contributed by atoms with Crippen LogP contribution in [0.4, 0.5) is 14.5 Å². The number of benzene rings is 1. The van der Waals surface area contributed by atoms with E-state index in [0.717, 1.165) is 36.6 Å². The largest absolute Gasteiger partial charge is 0.368 e. The molecule has 0 radical (unpaired) electrons. The van der Waals surface area contributed by atoms with E-state index in [1.807, 2.05) is 30.3 Å². The maximum atomic E-state index is 12.8. The first-order valence-electron chi connectivity index (χ1n) is 8.59. The number of alkyl halides is 2. The summed E-state index contributed by atoms with van der Waals surface area (Å²) in [4.78, 5) is 34.3. The van der Waals surface area contributed by atoms with Crippen LogP contribution in [-0.4, -0.2) is 52.2 Å². The third kappa shape index (κ3) is 4.85. The Labute approximate surface area is 159 Å². The molecule has 0 saturated carbocycles. The van der Waals surface area contributed by atoms with Crippen LogP contribution < -0.4 is 10.5 Å². The van der Waals surface area contributed by atoms with Crippen LogP contribution in [0.5, 0.6) is 0 Å². The summed E-state index contributed by atoms with van der Waals surface area (Å²) in [6.07, 6.45) is -2.83. The molecule has 0 aliphatic carbocycles. The van der Waals surface area contributed by atoms with Crippen LogP contribution >= 0.6 is 11.8 Å². The zero-order chi connectivity index (χ0) is 19.4. The number of amides is 1. The number of para-hydroxylation sites is 1. The molecule has 144 valence electrons. The highest BCUT2D eigenvalue weighted by atomic mass is 32.2. The van der Waals surface area contributed by atoms with E-state index < -0.39 is 22.9 Å². The van der Waals surface area contributed by atoms with Crippen LogP contribution in [0.1, 0.15) is 19.0 Å². The van der Waals surface area contributed by atoms with E-state index in [0.29, 0.717) is 13.1 Å². The number of aromatic nitrogens is 2. The molecule has 2 aromatic rings. The zero-order valence-electron chi connectivity index (χ0n) is 14.8. The Kier molecular flexibility index (Phi) is 6.10. The highest BCUT2D eigenvalue weighted by molar-refractivity contribution is 8.00. The van der Waals surface area contributed by atoms with E-state index in [2.05, 4.69) is 14.9 Å². The molecule has 1 saturated heterocycles. The summed E-state index contributed by atoms with van der Waals surface area (Å²) in [7, 11) is 0. The first-order chi connectivity index (χ1) is 12.9. The van der Waals surface area contributed by atoms with E-state index in [-0.39, 0.29) is 11.1 Å². The van der Waals surface area contributed by atoms with Crippen molar-refractivity contribution in [3.05, 3.63) is 52.4 Å². The molecule has 9 heteroatoms. The number of rotatable bonds is 5. The van der Waals surface area contributed by atoms with Crippen molar-refractivity contribution in [2.24, 2.45) is 0 Å². The molecule has 0 spiro atoms. The van der Waals surface area contributed by atoms with Crippen molar-refractivity contribution in [1.29, 1.82) is 0 Å². The lowest BCUT2D eigenvalue weighted by atomic mass is 10.2. The van der Waals surface area contributed by atoms with Crippen LogP contribution in [0, 0.1) is 0 Å². The van der Waals surface area contributed by atoms with Gasteiger partial charge in [-0.25, -0.2) is 13.8 Å². The molecular formula is C18H20F2N4O2S. The third-order valence-electron chi connectivity index (χ3n) is 4.31. The van der Waals surface area contributed by atoms with E-state index in [4.69, 9.17) is 0 Å². The van der Waals surface area contributed by atoms with Crippen molar-refractivity contribution in [2.75, 3.05) is 31.1 Å². The summed E-state index contributed by atoms with van der Waals surface area (Å²) in [6.45, 7) is 4.30. The molecule has 3 rings (SSSR count). The van der Waals surface area contributed by atoms with Gasteiger partial charge in [-0.3, -0.25) is 9.59 Å². The monoisotopic (exact) mass is 394 g/mol. The molecule has 1 unspecified atom stereocenters. The number of nitrogens with one attached hydrogen (secondary N) is 1. The molecule has 0 bridgehead atoms. The Morgan fingerprint density at radius 2 is 1.85 bits per heavy atom. The van der Waals surface area contributed by atoms with Gasteiger partial charge in [0.05, 0.1) is 5.25 Å². The van der Waals surface area contributed by atoms with Gasteiger partial charge in [-0.1, -0.05) is 30.0 Å². The van der Waals surface area contributed by atoms with Crippen molar-refractivity contribution in [1.82, 2.24) is 14.9 Å². The maximum absolute atomic E-state index is 12.8. The minimum Gasteiger partial charge on any atom is -0.368 e. The van der Waals surface area contributed by atoms with Crippen molar-refractivity contribution in [3.8, 4) is 0 Å². The van der Waals surface area contributed by atoms with Gasteiger partial charge in [-0.15, -0.1) is 0 Å². The normalized spacial score (nSPS) is 15.9. The number of H-pyrrole nitrogens is 1. The number of aromatic amines is 1. The van der Waals surface area contributed by atoms with Crippen molar-refractivity contribution in [2.45, 2.75) is 23.8 Å². The van der Waals surface area contributed by atoms with Crippen LogP contribution in [0.15, 0.2) is 46.3 Å². The fraction of sp³-hybridized carbons (Fsp3) is 0.389. The van der Waals surface area contributed by atoms with Gasteiger partial charge in [0.25, 0.3) is 12.0 Å². The van der Waals surface area contributed by atoms with Gasteiger partial charge in [0.1, 0.15) is 5.69 Å². The van der Waals surface area contributed by atoms with Gasteiger partial charge in [0.2, 0.25) is 5.91 Å². The molecule has 1 aromatic carbocycles. The second-order valence-electron chi connectivity index (χ2n) is 6.18. The van der Waals surface area contributed by atoms with Gasteiger partial charge in [-0.05, 0) is 19.1 Å². The third-order valence-corrected chi connectivity index (χ3v) is 5.28. The molecule has 1 aromatic heterocycles. The first-order valence-corrected chi connectivity index (χ1v) is 9.47. The highest BCUT2D eigenvalue weighted by Gasteiger charge is 2.26. The van der Waals surface area contributed by atoms with Gasteiger partial charge in [0.15, 0.2) is 5.16 Å². The van der Waals surface area contributed by atoms with E-state index in [1.54, 1.807) is 11.8 Å². The van der Waals surface area contributed by atoms with Crippen LogP contribution in [0.3, 0.4) is 0 Å². The molecule has 1 aliphatic rings. The predicted molar refractivity (Wildman–Crippen MR) is 100 cm³/mol. The number of anilines is 1. The maximum Gasteiger partial charge on any atom is 0.280 e. The average Bonchev–Trinajstić information content (AvgIpc) is 2.67. The topological polar surface area (TPSA) is 69.3 Å². The van der Waals surface area contributed by atoms with Crippen molar-refractivity contribution in [3.63, 3.8) is 0 Å². The second kappa shape index (κ2) is 8.51. The summed E-state index contributed by atoms with van der Waals surface area (Å²) in [5.41, 5.74) is -0.117.